The molecule has 0 radical (unpaired) electrons. The average Bonchev–Trinajstić information content (AvgIpc) is 2.99. The summed E-state index contributed by atoms with van der Waals surface area (Å²) in [5.74, 6) is 1.89. The molecule has 2 unspecified atom stereocenters. The topological polar surface area (TPSA) is 28.2 Å². The van der Waals surface area contributed by atoms with Crippen LogP contribution in [-0.2, 0) is 6.54 Å². The average molecular weight is 279 g/mol. The summed E-state index contributed by atoms with van der Waals surface area (Å²) >= 11 is 1.89. The Morgan fingerprint density at radius 3 is 2.63 bits per heavy atom. The monoisotopic (exact) mass is 279 g/mol. The summed E-state index contributed by atoms with van der Waals surface area (Å²) in [5, 5.41) is 4.76. The number of aromatic nitrogens is 1. The summed E-state index contributed by atoms with van der Waals surface area (Å²) in [4.78, 5) is 8.74. The van der Waals surface area contributed by atoms with E-state index in [-0.39, 0.29) is 0 Å². The van der Waals surface area contributed by atoms with E-state index in [0.29, 0.717) is 6.04 Å². The zero-order valence-corrected chi connectivity index (χ0v) is 13.1. The van der Waals surface area contributed by atoms with E-state index in [1.165, 1.54) is 48.1 Å². The van der Waals surface area contributed by atoms with Crippen LogP contribution in [-0.4, -0.2) is 24.1 Å². The van der Waals surface area contributed by atoms with Crippen LogP contribution < -0.4 is 10.2 Å². The van der Waals surface area contributed by atoms with Gasteiger partial charge in [-0.2, -0.15) is 0 Å². The minimum atomic E-state index is 0.538. The molecule has 1 aromatic rings. The molecule has 0 spiro atoms. The van der Waals surface area contributed by atoms with Gasteiger partial charge in [-0.3, -0.25) is 0 Å². The summed E-state index contributed by atoms with van der Waals surface area (Å²) in [6.07, 6.45) is 4.32. The maximum Gasteiger partial charge on any atom is 0.185 e. The van der Waals surface area contributed by atoms with Gasteiger partial charge in [0.2, 0.25) is 0 Å². The molecule has 106 valence electrons. The Balaban J connectivity index is 1.67. The van der Waals surface area contributed by atoms with Crippen LogP contribution >= 0.6 is 11.3 Å². The van der Waals surface area contributed by atoms with E-state index in [2.05, 4.69) is 31.0 Å². The highest BCUT2D eigenvalue weighted by Crippen LogP contribution is 2.40. The second kappa shape index (κ2) is 5.41. The van der Waals surface area contributed by atoms with Gasteiger partial charge < -0.3 is 10.2 Å². The molecule has 2 aliphatic rings. The second-order valence-electron chi connectivity index (χ2n) is 6.40. The van der Waals surface area contributed by atoms with Gasteiger partial charge in [-0.1, -0.05) is 20.3 Å². The molecule has 4 heteroatoms. The van der Waals surface area contributed by atoms with E-state index in [9.17, 15) is 0 Å². The van der Waals surface area contributed by atoms with E-state index in [4.69, 9.17) is 4.98 Å². The fourth-order valence-electron chi connectivity index (χ4n) is 3.40. The van der Waals surface area contributed by atoms with E-state index >= 15 is 0 Å². The normalized spacial score (nSPS) is 26.4. The van der Waals surface area contributed by atoms with Gasteiger partial charge >= 0.3 is 0 Å². The number of hydrogen-bond acceptors (Lipinski definition) is 4. The first-order chi connectivity index (χ1) is 9.13. The van der Waals surface area contributed by atoms with Crippen LogP contribution in [0.2, 0.25) is 0 Å². The molecule has 2 fully saturated rings. The Morgan fingerprint density at radius 1 is 1.32 bits per heavy atom. The van der Waals surface area contributed by atoms with Crippen LogP contribution in [0, 0.1) is 18.8 Å². The molecule has 3 nitrogen and oxygen atoms in total. The largest absolute Gasteiger partial charge is 0.348 e. The molecule has 0 bridgehead atoms. The van der Waals surface area contributed by atoms with Gasteiger partial charge in [0, 0.05) is 30.6 Å². The fraction of sp³-hybridized carbons (Fsp3) is 0.800. The molecule has 1 saturated carbocycles. The summed E-state index contributed by atoms with van der Waals surface area (Å²) in [5.41, 5.74) is 1.21. The first-order valence-electron chi connectivity index (χ1n) is 7.58. The summed E-state index contributed by atoms with van der Waals surface area (Å²) in [7, 11) is 0. The lowest BCUT2D eigenvalue weighted by atomic mass is 10.0. The third-order valence-corrected chi connectivity index (χ3v) is 5.77. The molecular formula is C15H25N3S. The smallest absolute Gasteiger partial charge is 0.185 e. The van der Waals surface area contributed by atoms with Gasteiger partial charge in [-0.25, -0.2) is 4.98 Å². The Morgan fingerprint density at radius 2 is 2.00 bits per heavy atom. The number of nitrogens with one attached hydrogen (secondary N) is 1. The van der Waals surface area contributed by atoms with Crippen molar-refractivity contribution in [2.75, 3.05) is 18.0 Å². The molecule has 2 heterocycles. The Hall–Kier alpha value is -0.610. The van der Waals surface area contributed by atoms with Crippen molar-refractivity contribution < 1.29 is 0 Å². The third kappa shape index (κ3) is 2.79. The summed E-state index contributed by atoms with van der Waals surface area (Å²) in [6, 6.07) is 0.538. The number of nitrogens with zero attached hydrogens (tertiary/aromatic N) is 2. The SMILES string of the molecule is Cc1nc(N2CC3CCCC3C2)sc1CNC(C)C. The van der Waals surface area contributed by atoms with Crippen LogP contribution in [0.5, 0.6) is 0 Å². The number of anilines is 1. The molecule has 1 aromatic heterocycles. The first-order valence-corrected chi connectivity index (χ1v) is 8.39. The molecule has 1 N–H and O–H groups in total. The van der Waals surface area contributed by atoms with Crippen LogP contribution in [0.3, 0.4) is 0 Å². The van der Waals surface area contributed by atoms with Crippen molar-refractivity contribution in [2.24, 2.45) is 11.8 Å². The van der Waals surface area contributed by atoms with E-state index < -0.39 is 0 Å². The van der Waals surface area contributed by atoms with Crippen molar-refractivity contribution in [3.8, 4) is 0 Å². The first kappa shape index (κ1) is 13.4. The number of thiazole rings is 1. The third-order valence-electron chi connectivity index (χ3n) is 4.55. The molecule has 1 aliphatic heterocycles. The summed E-state index contributed by atoms with van der Waals surface area (Å²) < 4.78 is 0. The molecule has 0 aromatic carbocycles. The van der Waals surface area contributed by atoms with Crippen molar-refractivity contribution in [3.63, 3.8) is 0 Å². The zero-order chi connectivity index (χ0) is 13.4. The van der Waals surface area contributed by atoms with Gasteiger partial charge in [0.25, 0.3) is 0 Å². The number of hydrogen-bond donors (Lipinski definition) is 1. The van der Waals surface area contributed by atoms with Gasteiger partial charge in [0.1, 0.15) is 0 Å². The fourth-order valence-corrected chi connectivity index (χ4v) is 4.43. The van der Waals surface area contributed by atoms with Crippen molar-refractivity contribution in [2.45, 2.75) is 52.6 Å². The van der Waals surface area contributed by atoms with Gasteiger partial charge in [-0.05, 0) is 31.6 Å². The lowest BCUT2D eigenvalue weighted by Gasteiger charge is -2.15. The van der Waals surface area contributed by atoms with Crippen LogP contribution in [0.15, 0.2) is 0 Å². The zero-order valence-electron chi connectivity index (χ0n) is 12.3. The molecule has 0 amide bonds. The second-order valence-corrected chi connectivity index (χ2v) is 7.46. The lowest BCUT2D eigenvalue weighted by Crippen LogP contribution is -2.21. The Kier molecular flexibility index (Phi) is 3.81. The van der Waals surface area contributed by atoms with Crippen molar-refractivity contribution in [1.29, 1.82) is 0 Å². The van der Waals surface area contributed by atoms with Crippen LogP contribution in [0.25, 0.3) is 0 Å². The Labute approximate surface area is 120 Å². The molecule has 19 heavy (non-hydrogen) atoms. The van der Waals surface area contributed by atoms with Gasteiger partial charge in [0.05, 0.1) is 5.69 Å². The predicted octanol–water partition coefficient (Wildman–Crippen LogP) is 3.19. The predicted molar refractivity (Wildman–Crippen MR) is 81.9 cm³/mol. The Bertz CT molecular complexity index is 429. The van der Waals surface area contributed by atoms with Crippen molar-refractivity contribution in [1.82, 2.24) is 10.3 Å². The molecule has 3 rings (SSSR count). The van der Waals surface area contributed by atoms with Gasteiger partial charge in [-0.15, -0.1) is 11.3 Å². The molecule has 1 aliphatic carbocycles. The highest BCUT2D eigenvalue weighted by molar-refractivity contribution is 7.15. The van der Waals surface area contributed by atoms with Crippen LogP contribution in [0.4, 0.5) is 5.13 Å². The molecule has 2 atom stereocenters. The van der Waals surface area contributed by atoms with Crippen molar-refractivity contribution >= 4 is 16.5 Å². The highest BCUT2D eigenvalue weighted by Gasteiger charge is 2.37. The molecule has 1 saturated heterocycles. The minimum Gasteiger partial charge on any atom is -0.348 e. The van der Waals surface area contributed by atoms with Crippen molar-refractivity contribution in [3.05, 3.63) is 10.6 Å². The lowest BCUT2D eigenvalue weighted by molar-refractivity contribution is 0.494. The maximum absolute atomic E-state index is 4.80. The van der Waals surface area contributed by atoms with E-state index in [1.807, 2.05) is 11.3 Å². The number of fused-ring (bicyclic) bond motifs is 1. The van der Waals surface area contributed by atoms with E-state index in [0.717, 1.165) is 18.4 Å². The van der Waals surface area contributed by atoms with E-state index in [1.54, 1.807) is 0 Å². The number of aryl methyl sites for hydroxylation is 1. The number of rotatable bonds is 4. The van der Waals surface area contributed by atoms with Gasteiger partial charge in [0.15, 0.2) is 5.13 Å². The summed E-state index contributed by atoms with van der Waals surface area (Å²) in [6.45, 7) is 9.98. The maximum atomic E-state index is 4.80. The minimum absolute atomic E-state index is 0.538. The quantitative estimate of drug-likeness (QED) is 0.917. The van der Waals surface area contributed by atoms with Crippen LogP contribution in [0.1, 0.15) is 43.7 Å². The standard InChI is InChI=1S/C15H25N3S/c1-10(2)16-7-14-11(3)17-15(19-14)18-8-12-5-4-6-13(12)9-18/h10,12-13,16H,4-9H2,1-3H3. The molecular weight excluding hydrogens is 254 g/mol. The highest BCUT2D eigenvalue weighted by atomic mass is 32.1.